The third-order valence-electron chi connectivity index (χ3n) is 5.18. The van der Waals surface area contributed by atoms with Gasteiger partial charge in [0.25, 0.3) is 0 Å². The molecule has 2 heterocycles. The van der Waals surface area contributed by atoms with E-state index in [2.05, 4.69) is 14.9 Å². The zero-order valence-corrected chi connectivity index (χ0v) is 13.8. The van der Waals surface area contributed by atoms with Gasteiger partial charge in [-0.15, -0.1) is 0 Å². The van der Waals surface area contributed by atoms with Crippen LogP contribution in [0, 0.1) is 5.92 Å². The molecule has 0 bridgehead atoms. The first-order chi connectivity index (χ1) is 11.1. The number of carbonyl (C=O) groups is 1. The van der Waals surface area contributed by atoms with Gasteiger partial charge in [0.2, 0.25) is 5.91 Å². The number of aromatic nitrogens is 2. The van der Waals surface area contributed by atoms with Crippen molar-refractivity contribution in [1.29, 1.82) is 0 Å². The van der Waals surface area contributed by atoms with Crippen LogP contribution in [-0.4, -0.2) is 69.6 Å². The van der Waals surface area contributed by atoms with Gasteiger partial charge in [0.1, 0.15) is 0 Å². The van der Waals surface area contributed by atoms with Gasteiger partial charge >= 0.3 is 0 Å². The Hall–Kier alpha value is -1.53. The summed E-state index contributed by atoms with van der Waals surface area (Å²) in [6.07, 6.45) is 10.2. The number of amides is 1. The van der Waals surface area contributed by atoms with Gasteiger partial charge in [-0.1, -0.05) is 12.8 Å². The SMILES string of the molecule is CN(CC(=O)N1CC(O)C(Cc2cnccn2)C1)C1CCCC1. The summed E-state index contributed by atoms with van der Waals surface area (Å²) in [5.74, 6) is 0.174. The third-order valence-corrected chi connectivity index (χ3v) is 5.18. The van der Waals surface area contributed by atoms with Gasteiger partial charge < -0.3 is 10.0 Å². The summed E-state index contributed by atoms with van der Waals surface area (Å²) in [5, 5.41) is 10.3. The Labute approximate surface area is 137 Å². The molecule has 1 aliphatic carbocycles. The molecule has 1 aliphatic heterocycles. The van der Waals surface area contributed by atoms with Crippen molar-refractivity contribution < 1.29 is 9.90 Å². The normalized spacial score (nSPS) is 25.4. The average molecular weight is 318 g/mol. The minimum Gasteiger partial charge on any atom is -0.391 e. The molecule has 0 aromatic carbocycles. The highest BCUT2D eigenvalue weighted by Crippen LogP contribution is 2.24. The van der Waals surface area contributed by atoms with Gasteiger partial charge in [0, 0.05) is 43.6 Å². The van der Waals surface area contributed by atoms with Crippen molar-refractivity contribution in [2.24, 2.45) is 5.92 Å². The second-order valence-electron chi connectivity index (χ2n) is 6.88. The number of rotatable bonds is 5. The molecule has 126 valence electrons. The van der Waals surface area contributed by atoms with Crippen LogP contribution in [0.15, 0.2) is 18.6 Å². The Morgan fingerprint density at radius 1 is 1.35 bits per heavy atom. The summed E-state index contributed by atoms with van der Waals surface area (Å²) in [4.78, 5) is 24.8. The van der Waals surface area contributed by atoms with Crippen molar-refractivity contribution in [1.82, 2.24) is 19.8 Å². The minimum absolute atomic E-state index is 0.0486. The van der Waals surface area contributed by atoms with E-state index in [0.717, 1.165) is 5.69 Å². The Balaban J connectivity index is 1.52. The molecule has 2 atom stereocenters. The molecular weight excluding hydrogens is 292 g/mol. The molecule has 1 aromatic heterocycles. The van der Waals surface area contributed by atoms with Gasteiger partial charge in [-0.05, 0) is 26.3 Å². The van der Waals surface area contributed by atoms with Crippen LogP contribution in [0.2, 0.25) is 0 Å². The number of hydrogen-bond acceptors (Lipinski definition) is 5. The molecule has 1 aromatic rings. The maximum absolute atomic E-state index is 12.5. The minimum atomic E-state index is -0.474. The Bertz CT molecular complexity index is 519. The van der Waals surface area contributed by atoms with Crippen LogP contribution in [0.1, 0.15) is 31.4 Å². The van der Waals surface area contributed by atoms with E-state index in [1.54, 1.807) is 23.5 Å². The van der Waals surface area contributed by atoms with E-state index < -0.39 is 6.10 Å². The molecule has 1 saturated carbocycles. The molecular formula is C17H26N4O2. The molecule has 1 saturated heterocycles. The lowest BCUT2D eigenvalue weighted by Gasteiger charge is -2.26. The number of aliphatic hydroxyl groups excluding tert-OH is 1. The largest absolute Gasteiger partial charge is 0.391 e. The fourth-order valence-electron chi connectivity index (χ4n) is 3.75. The van der Waals surface area contributed by atoms with Crippen LogP contribution in [0.4, 0.5) is 0 Å². The summed E-state index contributed by atoms with van der Waals surface area (Å²) < 4.78 is 0. The Morgan fingerprint density at radius 3 is 2.83 bits per heavy atom. The molecule has 2 aliphatic rings. The van der Waals surface area contributed by atoms with Gasteiger partial charge in [0.05, 0.1) is 18.3 Å². The van der Waals surface area contributed by atoms with Crippen LogP contribution < -0.4 is 0 Å². The van der Waals surface area contributed by atoms with Crippen LogP contribution >= 0.6 is 0 Å². The highest BCUT2D eigenvalue weighted by molar-refractivity contribution is 5.78. The summed E-state index contributed by atoms with van der Waals surface area (Å²) >= 11 is 0. The topological polar surface area (TPSA) is 69.6 Å². The number of aliphatic hydroxyl groups is 1. The van der Waals surface area contributed by atoms with Crippen molar-refractivity contribution in [3.63, 3.8) is 0 Å². The zero-order valence-electron chi connectivity index (χ0n) is 13.8. The van der Waals surface area contributed by atoms with Crippen molar-refractivity contribution in [3.8, 4) is 0 Å². The molecule has 1 amide bonds. The molecule has 0 spiro atoms. The Morgan fingerprint density at radius 2 is 2.13 bits per heavy atom. The maximum atomic E-state index is 12.5. The molecule has 2 unspecified atom stereocenters. The first kappa shape index (κ1) is 16.3. The lowest BCUT2D eigenvalue weighted by molar-refractivity contribution is -0.132. The summed E-state index contributed by atoms with van der Waals surface area (Å²) in [6, 6.07) is 0.543. The van der Waals surface area contributed by atoms with E-state index >= 15 is 0 Å². The van der Waals surface area contributed by atoms with Gasteiger partial charge in [-0.3, -0.25) is 19.7 Å². The summed E-state index contributed by atoms with van der Waals surface area (Å²) in [6.45, 7) is 1.49. The predicted octanol–water partition coefficient (Wildman–Crippen LogP) is 0.713. The lowest BCUT2D eigenvalue weighted by atomic mass is 10.0. The molecule has 0 radical (unpaired) electrons. The fourth-order valence-corrected chi connectivity index (χ4v) is 3.75. The highest BCUT2D eigenvalue weighted by Gasteiger charge is 2.35. The number of likely N-dealkylation sites (N-methyl/N-ethyl adjacent to an activating group) is 1. The van der Waals surface area contributed by atoms with E-state index in [1.807, 2.05) is 7.05 Å². The first-order valence-electron chi connectivity index (χ1n) is 8.54. The second kappa shape index (κ2) is 7.36. The van der Waals surface area contributed by atoms with E-state index in [1.165, 1.54) is 25.7 Å². The molecule has 3 rings (SSSR count). The van der Waals surface area contributed by atoms with Crippen LogP contribution in [0.3, 0.4) is 0 Å². The maximum Gasteiger partial charge on any atom is 0.236 e. The van der Waals surface area contributed by atoms with Crippen LogP contribution in [0.5, 0.6) is 0 Å². The van der Waals surface area contributed by atoms with Crippen molar-refractivity contribution >= 4 is 5.91 Å². The van der Waals surface area contributed by atoms with E-state index in [9.17, 15) is 9.90 Å². The van der Waals surface area contributed by atoms with E-state index in [4.69, 9.17) is 0 Å². The van der Waals surface area contributed by atoms with Crippen LogP contribution in [0.25, 0.3) is 0 Å². The second-order valence-corrected chi connectivity index (χ2v) is 6.88. The van der Waals surface area contributed by atoms with Gasteiger partial charge in [0.15, 0.2) is 0 Å². The quantitative estimate of drug-likeness (QED) is 0.866. The summed E-state index contributed by atoms with van der Waals surface area (Å²) in [5.41, 5.74) is 0.869. The highest BCUT2D eigenvalue weighted by atomic mass is 16.3. The summed E-state index contributed by atoms with van der Waals surface area (Å²) in [7, 11) is 2.04. The number of β-amino-alcohol motifs (C(OH)–C–C–N with tert-alkyl or cyclic N) is 1. The van der Waals surface area contributed by atoms with Crippen molar-refractivity contribution in [3.05, 3.63) is 24.3 Å². The third kappa shape index (κ3) is 4.06. The molecule has 2 fully saturated rings. The zero-order chi connectivity index (χ0) is 16.2. The predicted molar refractivity (Wildman–Crippen MR) is 86.7 cm³/mol. The van der Waals surface area contributed by atoms with Crippen LogP contribution in [-0.2, 0) is 11.2 Å². The van der Waals surface area contributed by atoms with Gasteiger partial charge in [-0.2, -0.15) is 0 Å². The van der Waals surface area contributed by atoms with Gasteiger partial charge in [-0.25, -0.2) is 0 Å². The number of nitrogens with zero attached hydrogens (tertiary/aromatic N) is 4. The monoisotopic (exact) mass is 318 g/mol. The fraction of sp³-hybridized carbons (Fsp3) is 0.706. The number of carbonyl (C=O) groups excluding carboxylic acids is 1. The number of hydrogen-bond donors (Lipinski definition) is 1. The molecule has 1 N–H and O–H groups in total. The standard InChI is InChI=1S/C17H26N4O2/c1-20(15-4-2-3-5-15)12-17(23)21-10-13(16(22)11-21)8-14-9-18-6-7-19-14/h6-7,9,13,15-16,22H,2-5,8,10-12H2,1H3. The smallest absolute Gasteiger partial charge is 0.236 e. The van der Waals surface area contributed by atoms with E-state index in [0.29, 0.717) is 32.1 Å². The van der Waals surface area contributed by atoms with Crippen molar-refractivity contribution in [2.75, 3.05) is 26.7 Å². The molecule has 6 nitrogen and oxygen atoms in total. The lowest BCUT2D eigenvalue weighted by Crippen LogP contribution is -2.41. The Kier molecular flexibility index (Phi) is 5.23. The first-order valence-corrected chi connectivity index (χ1v) is 8.54. The molecule has 6 heteroatoms. The van der Waals surface area contributed by atoms with Crippen molar-refractivity contribution in [2.45, 2.75) is 44.2 Å². The van der Waals surface area contributed by atoms with E-state index in [-0.39, 0.29) is 11.8 Å². The average Bonchev–Trinajstić information content (AvgIpc) is 3.19. The molecule has 23 heavy (non-hydrogen) atoms. The number of likely N-dealkylation sites (tertiary alicyclic amines) is 1.